The zero-order chi connectivity index (χ0) is 14.7. The van der Waals surface area contributed by atoms with E-state index in [0.29, 0.717) is 11.6 Å². The van der Waals surface area contributed by atoms with Gasteiger partial charge in [0.2, 0.25) is 0 Å². The standard InChI is InChI=1S/C16H23N3OS/c17-16(21)13-3-1-5-15(11-13)20-10-9-18-7-8-19-6-2-4-14(19)12-18/h1,3,5,11,14H,2,4,6-10,12H2,(H2,17,21). The van der Waals surface area contributed by atoms with Crippen molar-refractivity contribution in [3.8, 4) is 5.75 Å². The topological polar surface area (TPSA) is 41.7 Å². The highest BCUT2D eigenvalue weighted by molar-refractivity contribution is 7.80. The maximum absolute atomic E-state index is 5.84. The van der Waals surface area contributed by atoms with Crippen LogP contribution < -0.4 is 10.5 Å². The largest absolute Gasteiger partial charge is 0.492 e. The van der Waals surface area contributed by atoms with E-state index in [0.717, 1.165) is 30.4 Å². The van der Waals surface area contributed by atoms with Crippen molar-refractivity contribution in [3.05, 3.63) is 29.8 Å². The number of fused-ring (bicyclic) bond motifs is 1. The molecule has 5 heteroatoms. The molecule has 2 saturated heterocycles. The molecule has 2 aliphatic heterocycles. The lowest BCUT2D eigenvalue weighted by Gasteiger charge is -2.37. The van der Waals surface area contributed by atoms with Crippen molar-refractivity contribution in [3.63, 3.8) is 0 Å². The fourth-order valence-electron chi connectivity index (χ4n) is 3.29. The van der Waals surface area contributed by atoms with Gasteiger partial charge in [-0.25, -0.2) is 0 Å². The van der Waals surface area contributed by atoms with Gasteiger partial charge in [0, 0.05) is 37.8 Å². The highest BCUT2D eigenvalue weighted by Gasteiger charge is 2.30. The zero-order valence-corrected chi connectivity index (χ0v) is 13.1. The van der Waals surface area contributed by atoms with Gasteiger partial charge >= 0.3 is 0 Å². The Balaban J connectivity index is 1.45. The van der Waals surface area contributed by atoms with Gasteiger partial charge in [0.1, 0.15) is 17.3 Å². The lowest BCUT2D eigenvalue weighted by molar-refractivity contribution is 0.0923. The molecule has 0 aromatic heterocycles. The Labute approximate surface area is 131 Å². The van der Waals surface area contributed by atoms with E-state index in [-0.39, 0.29) is 0 Å². The molecule has 0 spiro atoms. The molecule has 3 rings (SSSR count). The molecule has 0 bridgehead atoms. The predicted molar refractivity (Wildman–Crippen MR) is 88.9 cm³/mol. The summed E-state index contributed by atoms with van der Waals surface area (Å²) in [7, 11) is 0. The first-order valence-electron chi connectivity index (χ1n) is 7.71. The summed E-state index contributed by atoms with van der Waals surface area (Å²) in [4.78, 5) is 5.56. The molecule has 1 unspecified atom stereocenters. The molecule has 1 atom stereocenters. The number of hydrogen-bond acceptors (Lipinski definition) is 4. The molecule has 2 N–H and O–H groups in total. The molecule has 21 heavy (non-hydrogen) atoms. The van der Waals surface area contributed by atoms with Crippen molar-refractivity contribution in [1.82, 2.24) is 9.80 Å². The summed E-state index contributed by atoms with van der Waals surface area (Å²) in [5, 5.41) is 0. The number of piperazine rings is 1. The van der Waals surface area contributed by atoms with E-state index in [1.54, 1.807) is 0 Å². The van der Waals surface area contributed by atoms with E-state index in [1.807, 2.05) is 24.3 Å². The first-order valence-corrected chi connectivity index (χ1v) is 8.12. The van der Waals surface area contributed by atoms with Crippen molar-refractivity contribution < 1.29 is 4.74 Å². The summed E-state index contributed by atoms with van der Waals surface area (Å²) in [6.07, 6.45) is 2.72. The third-order valence-corrected chi connectivity index (χ3v) is 4.70. The highest BCUT2D eigenvalue weighted by atomic mass is 32.1. The van der Waals surface area contributed by atoms with Gasteiger partial charge in [-0.1, -0.05) is 24.4 Å². The third kappa shape index (κ3) is 3.73. The van der Waals surface area contributed by atoms with Crippen LogP contribution in [0.15, 0.2) is 24.3 Å². The number of ether oxygens (including phenoxy) is 1. The second kappa shape index (κ2) is 6.73. The van der Waals surface area contributed by atoms with E-state index >= 15 is 0 Å². The molecule has 0 amide bonds. The molecule has 114 valence electrons. The number of nitrogens with zero attached hydrogens (tertiary/aromatic N) is 2. The Morgan fingerprint density at radius 1 is 1.33 bits per heavy atom. The molecule has 2 fully saturated rings. The number of rotatable bonds is 5. The Morgan fingerprint density at radius 3 is 3.10 bits per heavy atom. The molecule has 2 aliphatic rings. The maximum Gasteiger partial charge on any atom is 0.120 e. The summed E-state index contributed by atoms with van der Waals surface area (Å²) in [6.45, 7) is 6.56. The molecule has 1 aromatic carbocycles. The molecular weight excluding hydrogens is 282 g/mol. The third-order valence-electron chi connectivity index (χ3n) is 4.47. The minimum atomic E-state index is 0.415. The van der Waals surface area contributed by atoms with Gasteiger partial charge < -0.3 is 10.5 Å². The van der Waals surface area contributed by atoms with Crippen LogP contribution in [0.2, 0.25) is 0 Å². The Morgan fingerprint density at radius 2 is 2.24 bits per heavy atom. The normalized spacial score (nSPS) is 23.0. The van der Waals surface area contributed by atoms with E-state index in [9.17, 15) is 0 Å². The van der Waals surface area contributed by atoms with E-state index in [1.165, 1.54) is 32.5 Å². The van der Waals surface area contributed by atoms with Crippen LogP contribution in [0.1, 0.15) is 18.4 Å². The second-order valence-corrected chi connectivity index (χ2v) is 6.31. The van der Waals surface area contributed by atoms with E-state index < -0.39 is 0 Å². The molecule has 4 nitrogen and oxygen atoms in total. The Bertz CT molecular complexity index is 508. The van der Waals surface area contributed by atoms with Gasteiger partial charge in [0.25, 0.3) is 0 Å². The Kier molecular flexibility index (Phi) is 4.73. The van der Waals surface area contributed by atoms with Crippen molar-refractivity contribution in [1.29, 1.82) is 0 Å². The van der Waals surface area contributed by atoms with Gasteiger partial charge in [0.05, 0.1) is 0 Å². The van der Waals surface area contributed by atoms with E-state index in [2.05, 4.69) is 9.80 Å². The number of hydrogen-bond donors (Lipinski definition) is 1. The minimum absolute atomic E-state index is 0.415. The molecular formula is C16H23N3OS. The lowest BCUT2D eigenvalue weighted by atomic mass is 10.1. The van der Waals surface area contributed by atoms with Crippen LogP contribution >= 0.6 is 12.2 Å². The summed E-state index contributed by atoms with van der Waals surface area (Å²) in [5.41, 5.74) is 6.50. The summed E-state index contributed by atoms with van der Waals surface area (Å²) in [6, 6.07) is 8.49. The average molecular weight is 305 g/mol. The fourth-order valence-corrected chi connectivity index (χ4v) is 3.42. The lowest BCUT2D eigenvalue weighted by Crippen LogP contribution is -2.50. The van der Waals surface area contributed by atoms with Crippen LogP contribution in [0.3, 0.4) is 0 Å². The maximum atomic E-state index is 5.84. The van der Waals surface area contributed by atoms with Gasteiger partial charge in [0.15, 0.2) is 0 Å². The molecule has 0 aliphatic carbocycles. The first-order chi connectivity index (χ1) is 10.2. The monoisotopic (exact) mass is 305 g/mol. The number of benzene rings is 1. The SMILES string of the molecule is NC(=S)c1cccc(OCCN2CCN3CCCC3C2)c1. The number of nitrogens with two attached hydrogens (primary N) is 1. The molecule has 0 radical (unpaired) electrons. The smallest absolute Gasteiger partial charge is 0.120 e. The first kappa shape index (κ1) is 14.8. The number of thiocarbonyl (C=S) groups is 1. The zero-order valence-electron chi connectivity index (χ0n) is 12.3. The molecule has 2 heterocycles. The highest BCUT2D eigenvalue weighted by Crippen LogP contribution is 2.21. The van der Waals surface area contributed by atoms with Crippen molar-refractivity contribution in [2.75, 3.05) is 39.3 Å². The predicted octanol–water partition coefficient (Wildman–Crippen LogP) is 1.48. The summed E-state index contributed by atoms with van der Waals surface area (Å²) >= 11 is 4.99. The van der Waals surface area contributed by atoms with Crippen molar-refractivity contribution >= 4 is 17.2 Å². The summed E-state index contributed by atoms with van der Waals surface area (Å²) < 4.78 is 5.84. The average Bonchev–Trinajstić information content (AvgIpc) is 2.95. The van der Waals surface area contributed by atoms with Gasteiger partial charge in [-0.15, -0.1) is 0 Å². The fraction of sp³-hybridized carbons (Fsp3) is 0.562. The minimum Gasteiger partial charge on any atom is -0.492 e. The van der Waals surface area contributed by atoms with Crippen molar-refractivity contribution in [2.45, 2.75) is 18.9 Å². The second-order valence-electron chi connectivity index (χ2n) is 5.87. The van der Waals surface area contributed by atoms with Crippen LogP contribution in [0.5, 0.6) is 5.75 Å². The van der Waals surface area contributed by atoms with Crippen LogP contribution in [0.4, 0.5) is 0 Å². The summed E-state index contributed by atoms with van der Waals surface area (Å²) in [5.74, 6) is 0.847. The van der Waals surface area contributed by atoms with Gasteiger partial charge in [-0.05, 0) is 31.5 Å². The van der Waals surface area contributed by atoms with Gasteiger partial charge in [-0.3, -0.25) is 9.80 Å². The van der Waals surface area contributed by atoms with E-state index in [4.69, 9.17) is 22.7 Å². The van der Waals surface area contributed by atoms with Crippen LogP contribution in [0, 0.1) is 0 Å². The van der Waals surface area contributed by atoms with Crippen molar-refractivity contribution in [2.24, 2.45) is 5.73 Å². The molecule has 0 saturated carbocycles. The Hall–Kier alpha value is -1.17. The molecule has 1 aromatic rings. The van der Waals surface area contributed by atoms with Gasteiger partial charge in [-0.2, -0.15) is 0 Å². The van der Waals surface area contributed by atoms with Crippen LogP contribution in [-0.2, 0) is 0 Å². The van der Waals surface area contributed by atoms with Crippen LogP contribution in [0.25, 0.3) is 0 Å². The van der Waals surface area contributed by atoms with Crippen LogP contribution in [-0.4, -0.2) is 60.2 Å². The quantitative estimate of drug-likeness (QED) is 0.835.